The summed E-state index contributed by atoms with van der Waals surface area (Å²) in [6.07, 6.45) is 8.45. The Kier molecular flexibility index (Phi) is 4.15. The maximum atomic E-state index is 12.8. The van der Waals surface area contributed by atoms with Crippen LogP contribution in [0, 0.1) is 10.8 Å². The zero-order valence-electron chi connectivity index (χ0n) is 17.8. The van der Waals surface area contributed by atoms with Gasteiger partial charge in [0.15, 0.2) is 0 Å². The zero-order valence-corrected chi connectivity index (χ0v) is 17.8. The quantitative estimate of drug-likeness (QED) is 0.639. The lowest BCUT2D eigenvalue weighted by Gasteiger charge is -2.68. The first-order valence-electron chi connectivity index (χ1n) is 11.6. The normalized spacial score (nSPS) is 38.5. The van der Waals surface area contributed by atoms with Crippen LogP contribution in [0.15, 0.2) is 18.2 Å². The maximum Gasteiger partial charge on any atom is 0.255 e. The summed E-state index contributed by atoms with van der Waals surface area (Å²) in [6, 6.07) is 6.47. The Morgan fingerprint density at radius 3 is 2.55 bits per heavy atom. The summed E-state index contributed by atoms with van der Waals surface area (Å²) >= 11 is 0. The van der Waals surface area contributed by atoms with E-state index in [2.05, 4.69) is 16.7 Å². The van der Waals surface area contributed by atoms with Crippen LogP contribution in [-0.2, 0) is 22.7 Å². The lowest BCUT2D eigenvalue weighted by Crippen LogP contribution is -2.64. The molecule has 4 fully saturated rings. The number of benzene rings is 1. The fraction of sp³-hybridized carbons (Fsp3) is 0.625. The second-order valence-electron chi connectivity index (χ2n) is 10.9. The third-order valence-electron chi connectivity index (χ3n) is 8.43. The van der Waals surface area contributed by atoms with Crippen molar-refractivity contribution in [3.63, 3.8) is 0 Å². The van der Waals surface area contributed by atoms with E-state index in [0.29, 0.717) is 41.4 Å². The van der Waals surface area contributed by atoms with Crippen LogP contribution in [0.5, 0.6) is 0 Å². The second kappa shape index (κ2) is 6.62. The molecule has 6 rings (SSSR count). The average Bonchev–Trinajstić information content (AvgIpc) is 2.96. The highest BCUT2D eigenvalue weighted by Gasteiger charge is 2.63. The summed E-state index contributed by atoms with van der Waals surface area (Å²) in [5, 5.41) is 6.05. The van der Waals surface area contributed by atoms with E-state index in [1.165, 1.54) is 44.1 Å². The molecular formula is C24H30N4O3. The van der Waals surface area contributed by atoms with E-state index in [4.69, 9.17) is 5.73 Å². The van der Waals surface area contributed by atoms with E-state index in [1.54, 1.807) is 4.90 Å². The molecule has 2 spiro atoms. The number of piperidine rings is 1. The van der Waals surface area contributed by atoms with Gasteiger partial charge in [-0.05, 0) is 73.0 Å². The number of carbonyl (C=O) groups is 3. The van der Waals surface area contributed by atoms with Gasteiger partial charge in [-0.25, -0.2) is 0 Å². The smallest absolute Gasteiger partial charge is 0.255 e. The summed E-state index contributed by atoms with van der Waals surface area (Å²) in [4.78, 5) is 38.0. The molecule has 7 heteroatoms. The van der Waals surface area contributed by atoms with Gasteiger partial charge in [-0.1, -0.05) is 12.1 Å². The SMILES string of the molecule is NC1CC2(C1)CC1(CC(NCc3ccc4c(c3)CN(C3CCC(=O)NC3=O)C4=O)C1)C2. The van der Waals surface area contributed by atoms with Crippen LogP contribution in [0.2, 0.25) is 0 Å². The minimum atomic E-state index is -0.554. The van der Waals surface area contributed by atoms with Gasteiger partial charge in [0.25, 0.3) is 5.91 Å². The van der Waals surface area contributed by atoms with Crippen LogP contribution in [0.3, 0.4) is 0 Å². The van der Waals surface area contributed by atoms with Gasteiger partial charge in [-0.15, -0.1) is 0 Å². The van der Waals surface area contributed by atoms with E-state index in [1.807, 2.05) is 12.1 Å². The van der Waals surface area contributed by atoms with Gasteiger partial charge in [0.2, 0.25) is 11.8 Å². The number of rotatable bonds is 4. The summed E-state index contributed by atoms with van der Waals surface area (Å²) in [5.41, 5.74) is 10.0. The summed E-state index contributed by atoms with van der Waals surface area (Å²) in [5.74, 6) is -0.732. The molecule has 7 nitrogen and oxygen atoms in total. The van der Waals surface area contributed by atoms with E-state index in [0.717, 1.165) is 12.1 Å². The minimum absolute atomic E-state index is 0.112. The molecule has 1 aromatic rings. The molecule has 0 aromatic heterocycles. The second-order valence-corrected chi connectivity index (χ2v) is 10.9. The lowest BCUT2D eigenvalue weighted by atomic mass is 9.38. The number of nitrogens with one attached hydrogen (secondary N) is 2. The van der Waals surface area contributed by atoms with Crippen molar-refractivity contribution in [3.8, 4) is 0 Å². The van der Waals surface area contributed by atoms with Crippen LogP contribution in [0.25, 0.3) is 0 Å². The Morgan fingerprint density at radius 2 is 1.84 bits per heavy atom. The lowest BCUT2D eigenvalue weighted by molar-refractivity contribution is -0.157. The monoisotopic (exact) mass is 422 g/mol. The Bertz CT molecular complexity index is 967. The number of imide groups is 1. The highest BCUT2D eigenvalue weighted by Crippen LogP contribution is 2.70. The number of fused-ring (bicyclic) bond motifs is 1. The van der Waals surface area contributed by atoms with E-state index in [-0.39, 0.29) is 24.1 Å². The van der Waals surface area contributed by atoms with Crippen molar-refractivity contribution in [2.24, 2.45) is 16.6 Å². The first kappa shape index (κ1) is 19.4. The van der Waals surface area contributed by atoms with Gasteiger partial charge in [0, 0.05) is 37.2 Å². The van der Waals surface area contributed by atoms with Gasteiger partial charge >= 0.3 is 0 Å². The number of carbonyl (C=O) groups excluding carboxylic acids is 3. The van der Waals surface area contributed by atoms with E-state index < -0.39 is 6.04 Å². The Balaban J connectivity index is 1.03. The van der Waals surface area contributed by atoms with Crippen LogP contribution in [-0.4, -0.2) is 40.7 Å². The first-order chi connectivity index (χ1) is 14.8. The van der Waals surface area contributed by atoms with Crippen molar-refractivity contribution in [3.05, 3.63) is 34.9 Å². The van der Waals surface area contributed by atoms with Crippen LogP contribution in [0.1, 0.15) is 72.9 Å². The Labute approximate surface area is 182 Å². The number of hydrogen-bond acceptors (Lipinski definition) is 5. The molecule has 3 saturated carbocycles. The van der Waals surface area contributed by atoms with Gasteiger partial charge in [-0.2, -0.15) is 0 Å². The van der Waals surface area contributed by atoms with Crippen LogP contribution in [0.4, 0.5) is 0 Å². The van der Waals surface area contributed by atoms with Gasteiger partial charge < -0.3 is 16.0 Å². The molecular weight excluding hydrogens is 392 g/mol. The van der Waals surface area contributed by atoms with Crippen molar-refractivity contribution in [1.29, 1.82) is 0 Å². The highest BCUT2D eigenvalue weighted by atomic mass is 16.2. The number of nitrogens with two attached hydrogens (primary N) is 1. The highest BCUT2D eigenvalue weighted by molar-refractivity contribution is 6.05. The van der Waals surface area contributed by atoms with Crippen molar-refractivity contribution in [1.82, 2.24) is 15.5 Å². The standard InChI is InChI=1S/C24H30N4O3/c25-16-6-23(7-16)12-24(13-23)8-17(9-24)26-10-14-1-2-18-15(5-14)11-28(22(18)31)19-3-4-20(29)27-21(19)30/h1-2,5,16-17,19,26H,3-4,6-13,25H2,(H,27,29,30). The predicted molar refractivity (Wildman–Crippen MR) is 114 cm³/mol. The summed E-state index contributed by atoms with van der Waals surface area (Å²) in [7, 11) is 0. The van der Waals surface area contributed by atoms with E-state index >= 15 is 0 Å². The predicted octanol–water partition coefficient (Wildman–Crippen LogP) is 1.59. The zero-order chi connectivity index (χ0) is 21.4. The molecule has 4 N–H and O–H groups in total. The molecule has 1 unspecified atom stereocenters. The van der Waals surface area contributed by atoms with Gasteiger partial charge in [0.1, 0.15) is 6.04 Å². The molecule has 2 heterocycles. The molecule has 1 saturated heterocycles. The molecule has 164 valence electrons. The van der Waals surface area contributed by atoms with E-state index in [9.17, 15) is 14.4 Å². The number of hydrogen-bond donors (Lipinski definition) is 3. The third kappa shape index (κ3) is 3.12. The molecule has 3 amide bonds. The van der Waals surface area contributed by atoms with Crippen molar-refractivity contribution < 1.29 is 14.4 Å². The fourth-order valence-electron chi connectivity index (χ4n) is 7.30. The molecule has 0 bridgehead atoms. The molecule has 3 aliphatic carbocycles. The minimum Gasteiger partial charge on any atom is -0.328 e. The van der Waals surface area contributed by atoms with Crippen LogP contribution < -0.4 is 16.4 Å². The van der Waals surface area contributed by atoms with Crippen molar-refractivity contribution >= 4 is 17.7 Å². The number of amides is 3. The molecule has 1 atom stereocenters. The largest absolute Gasteiger partial charge is 0.328 e. The maximum absolute atomic E-state index is 12.8. The first-order valence-corrected chi connectivity index (χ1v) is 11.6. The van der Waals surface area contributed by atoms with Gasteiger partial charge in [-0.3, -0.25) is 19.7 Å². The van der Waals surface area contributed by atoms with Gasteiger partial charge in [0.05, 0.1) is 0 Å². The van der Waals surface area contributed by atoms with Crippen LogP contribution >= 0.6 is 0 Å². The topological polar surface area (TPSA) is 105 Å². The van der Waals surface area contributed by atoms with Crippen molar-refractivity contribution in [2.75, 3.05) is 0 Å². The molecule has 31 heavy (non-hydrogen) atoms. The third-order valence-corrected chi connectivity index (χ3v) is 8.43. The summed E-state index contributed by atoms with van der Waals surface area (Å²) in [6.45, 7) is 1.24. The Hall–Kier alpha value is -2.25. The molecule has 2 aliphatic heterocycles. The molecule has 5 aliphatic rings. The average molecular weight is 423 g/mol. The fourth-order valence-corrected chi connectivity index (χ4v) is 7.30. The summed E-state index contributed by atoms with van der Waals surface area (Å²) < 4.78 is 0. The number of nitrogens with zero attached hydrogens (tertiary/aromatic N) is 1. The molecule has 0 radical (unpaired) electrons. The Morgan fingerprint density at radius 1 is 1.10 bits per heavy atom. The van der Waals surface area contributed by atoms with Crippen molar-refractivity contribution in [2.45, 2.75) is 82.6 Å². The molecule has 1 aromatic carbocycles.